The second-order valence-corrected chi connectivity index (χ2v) is 13.8. The van der Waals surface area contributed by atoms with Crippen molar-refractivity contribution in [3.63, 3.8) is 0 Å². The smallest absolute Gasteiger partial charge is 0.305 e. The second-order valence-electron chi connectivity index (χ2n) is 9.34. The van der Waals surface area contributed by atoms with Crippen molar-refractivity contribution < 1.29 is 18.8 Å². The number of rotatable bonds is 16. The van der Waals surface area contributed by atoms with Crippen molar-refractivity contribution in [1.82, 2.24) is 0 Å². The quantitative estimate of drug-likeness (QED) is 0.110. The van der Waals surface area contributed by atoms with Crippen LogP contribution in [0, 0.1) is 0 Å². The monoisotopic (exact) mass is 451 g/mol. The third kappa shape index (κ3) is 12.3. The summed E-state index contributed by atoms with van der Waals surface area (Å²) in [4.78, 5) is 16.3. The Morgan fingerprint density at radius 3 is 2.45 bits per heavy atom. The van der Waals surface area contributed by atoms with Gasteiger partial charge in [-0.25, -0.2) is 0 Å². The third-order valence-electron chi connectivity index (χ3n) is 5.46. The fourth-order valence-corrected chi connectivity index (χ4v) is 5.04. The fourth-order valence-electron chi connectivity index (χ4n) is 3.93. The van der Waals surface area contributed by atoms with Gasteiger partial charge in [-0.05, 0) is 69.3 Å². The Balaban J connectivity index is 2.75. The summed E-state index contributed by atoms with van der Waals surface area (Å²) < 4.78 is 11.2. The predicted molar refractivity (Wildman–Crippen MR) is 132 cm³/mol. The fraction of sp³-hybridized carbons (Fsp3) is 0.760. The molecule has 0 spiro atoms. The topological polar surface area (TPSA) is 57.1 Å². The number of oxime groups is 1. The van der Waals surface area contributed by atoms with Crippen LogP contribution in [-0.2, 0) is 18.8 Å². The molecule has 0 fully saturated rings. The molecule has 0 bridgehead atoms. The highest BCUT2D eigenvalue weighted by Gasteiger charge is 2.22. The molecule has 31 heavy (non-hydrogen) atoms. The van der Waals surface area contributed by atoms with Gasteiger partial charge in [0.2, 0.25) is 0 Å². The van der Waals surface area contributed by atoms with Gasteiger partial charge in [0.1, 0.15) is 7.11 Å². The first kappa shape index (κ1) is 27.6. The van der Waals surface area contributed by atoms with E-state index in [0.717, 1.165) is 57.1 Å². The molecule has 6 heteroatoms. The van der Waals surface area contributed by atoms with Gasteiger partial charge >= 0.3 is 5.97 Å². The van der Waals surface area contributed by atoms with Gasteiger partial charge in [0.15, 0.2) is 8.32 Å². The van der Waals surface area contributed by atoms with Crippen LogP contribution in [0.15, 0.2) is 28.5 Å². The van der Waals surface area contributed by atoms with Crippen molar-refractivity contribution in [3.8, 4) is 0 Å². The maximum atomic E-state index is 11.2. The second kappa shape index (κ2) is 15.4. The summed E-state index contributed by atoms with van der Waals surface area (Å²) in [7, 11) is 1.48. The van der Waals surface area contributed by atoms with E-state index in [9.17, 15) is 4.79 Å². The molecule has 0 N–H and O–H groups in total. The van der Waals surface area contributed by atoms with Gasteiger partial charge in [0, 0.05) is 6.42 Å². The number of hydrogen-bond acceptors (Lipinski definition) is 5. The van der Waals surface area contributed by atoms with Crippen LogP contribution in [0.1, 0.15) is 84.0 Å². The van der Waals surface area contributed by atoms with Crippen molar-refractivity contribution in [2.45, 2.75) is 110 Å². The largest absolute Gasteiger partial charge is 0.469 e. The van der Waals surface area contributed by atoms with Crippen LogP contribution in [0.5, 0.6) is 0 Å². The first-order chi connectivity index (χ1) is 14.8. The summed E-state index contributed by atoms with van der Waals surface area (Å²) in [5.74, 6) is -0.116. The Morgan fingerprint density at radius 1 is 1.06 bits per heavy atom. The van der Waals surface area contributed by atoms with E-state index in [1.54, 1.807) is 7.11 Å². The van der Waals surface area contributed by atoms with Gasteiger partial charge in [0.25, 0.3) is 0 Å². The molecule has 1 aliphatic rings. The van der Waals surface area contributed by atoms with E-state index in [-0.39, 0.29) is 12.1 Å². The predicted octanol–water partition coefficient (Wildman–Crippen LogP) is 6.95. The first-order valence-electron chi connectivity index (χ1n) is 12.1. The Bertz CT molecular complexity index is 620. The van der Waals surface area contributed by atoms with E-state index in [0.29, 0.717) is 6.42 Å². The first-order valence-corrected chi connectivity index (χ1v) is 15.5. The lowest BCUT2D eigenvalue weighted by Crippen LogP contribution is -2.31. The van der Waals surface area contributed by atoms with Gasteiger partial charge in [-0.2, -0.15) is 0 Å². The Hall–Kier alpha value is -1.40. The SMILES string of the molecule is CCCCC[C@@H](/C=C/C1=C(CCCCCCC(=O)OC)C(=N/OC)/CC1)O[Si](C)(C)C. The lowest BCUT2D eigenvalue weighted by Gasteiger charge is -2.24. The molecule has 1 rings (SSSR count). The minimum atomic E-state index is -1.59. The lowest BCUT2D eigenvalue weighted by molar-refractivity contribution is -0.140. The summed E-state index contributed by atoms with van der Waals surface area (Å²) in [5.41, 5.74) is 3.81. The number of allylic oxidation sites excluding steroid dienone is 3. The number of esters is 1. The van der Waals surface area contributed by atoms with Gasteiger partial charge < -0.3 is 14.0 Å². The summed E-state index contributed by atoms with van der Waals surface area (Å²) in [6.45, 7) is 9.03. The summed E-state index contributed by atoms with van der Waals surface area (Å²) in [6.07, 6.45) is 17.2. The summed E-state index contributed by atoms with van der Waals surface area (Å²) in [6, 6.07) is 0. The zero-order valence-corrected chi connectivity index (χ0v) is 21.8. The van der Waals surface area contributed by atoms with Gasteiger partial charge in [0.05, 0.1) is 18.9 Å². The molecule has 5 nitrogen and oxygen atoms in total. The highest BCUT2D eigenvalue weighted by Crippen LogP contribution is 2.30. The molecule has 0 heterocycles. The number of nitrogens with zero attached hydrogens (tertiary/aromatic N) is 1. The van der Waals surface area contributed by atoms with E-state index in [2.05, 4.69) is 43.9 Å². The maximum absolute atomic E-state index is 11.2. The van der Waals surface area contributed by atoms with Gasteiger partial charge in [-0.15, -0.1) is 0 Å². The van der Waals surface area contributed by atoms with Crippen LogP contribution in [0.2, 0.25) is 19.6 Å². The maximum Gasteiger partial charge on any atom is 0.305 e. The standard InChI is InChI=1S/C25H45NO4Si/c1-7-8-11-14-22(30-31(4,5)6)19-17-21-18-20-24(26-29-3)23(21)15-12-9-10-13-16-25(27)28-2/h17,19,22H,7-16,18,20H2,1-6H3/b19-17+,26-24+/t22-/m0/s1. The lowest BCUT2D eigenvalue weighted by atomic mass is 10.0. The Morgan fingerprint density at radius 2 is 1.81 bits per heavy atom. The minimum Gasteiger partial charge on any atom is -0.469 e. The molecular formula is C25H45NO4Si. The van der Waals surface area contributed by atoms with E-state index < -0.39 is 8.32 Å². The van der Waals surface area contributed by atoms with Crippen LogP contribution >= 0.6 is 0 Å². The Labute approximate surface area is 191 Å². The van der Waals surface area contributed by atoms with E-state index in [4.69, 9.17) is 14.0 Å². The minimum absolute atomic E-state index is 0.116. The van der Waals surface area contributed by atoms with Crippen molar-refractivity contribution in [3.05, 3.63) is 23.3 Å². The number of carbonyl (C=O) groups is 1. The number of methoxy groups -OCH3 is 1. The van der Waals surface area contributed by atoms with Crippen LogP contribution < -0.4 is 0 Å². The van der Waals surface area contributed by atoms with Crippen LogP contribution in [0.4, 0.5) is 0 Å². The summed E-state index contributed by atoms with van der Waals surface area (Å²) >= 11 is 0. The molecule has 178 valence electrons. The third-order valence-corrected chi connectivity index (χ3v) is 6.47. The molecule has 0 saturated heterocycles. The summed E-state index contributed by atoms with van der Waals surface area (Å²) in [5, 5.41) is 4.29. The highest BCUT2D eigenvalue weighted by atomic mass is 28.4. The molecule has 1 atom stereocenters. The molecule has 0 aromatic carbocycles. The number of carbonyl (C=O) groups excluding carboxylic acids is 1. The normalized spacial score (nSPS) is 17.0. The zero-order valence-electron chi connectivity index (χ0n) is 20.8. The molecular weight excluding hydrogens is 406 g/mol. The molecule has 0 unspecified atom stereocenters. The number of ether oxygens (including phenoxy) is 1. The van der Waals surface area contributed by atoms with E-state index in [1.165, 1.54) is 37.5 Å². The molecule has 0 amide bonds. The Kier molecular flexibility index (Phi) is 13.7. The van der Waals surface area contributed by atoms with E-state index in [1.807, 2.05) is 0 Å². The van der Waals surface area contributed by atoms with Crippen molar-refractivity contribution in [1.29, 1.82) is 0 Å². The molecule has 0 aromatic heterocycles. The zero-order chi connectivity index (χ0) is 23.1. The molecule has 0 aromatic rings. The van der Waals surface area contributed by atoms with Crippen molar-refractivity contribution >= 4 is 20.0 Å². The molecule has 0 saturated carbocycles. The number of unbranched alkanes of at least 4 members (excludes halogenated alkanes) is 5. The average molecular weight is 452 g/mol. The van der Waals surface area contributed by atoms with Crippen molar-refractivity contribution in [2.75, 3.05) is 14.2 Å². The van der Waals surface area contributed by atoms with Gasteiger partial charge in [-0.3, -0.25) is 4.79 Å². The molecule has 0 radical (unpaired) electrons. The highest BCUT2D eigenvalue weighted by molar-refractivity contribution is 6.69. The molecule has 1 aliphatic carbocycles. The number of hydrogen-bond donors (Lipinski definition) is 0. The van der Waals surface area contributed by atoms with E-state index >= 15 is 0 Å². The average Bonchev–Trinajstić information content (AvgIpc) is 3.09. The van der Waals surface area contributed by atoms with Crippen molar-refractivity contribution in [2.24, 2.45) is 5.16 Å². The molecule has 0 aliphatic heterocycles. The van der Waals surface area contributed by atoms with Crippen LogP contribution in [0.3, 0.4) is 0 Å². The van der Waals surface area contributed by atoms with Crippen LogP contribution in [0.25, 0.3) is 0 Å². The van der Waals surface area contributed by atoms with Gasteiger partial charge in [-0.1, -0.05) is 56.3 Å². The van der Waals surface area contributed by atoms with Crippen LogP contribution in [-0.4, -0.2) is 40.3 Å².